The fraction of sp³-hybridized carbons (Fsp3) is 0.0833. The van der Waals surface area contributed by atoms with E-state index in [9.17, 15) is 18.0 Å². The Labute approximate surface area is 99.8 Å². The molecular weight excluding hydrogens is 247 g/mol. The van der Waals surface area contributed by atoms with E-state index in [1.165, 1.54) is 12.3 Å². The van der Waals surface area contributed by atoms with Crippen molar-refractivity contribution in [3.8, 4) is 11.5 Å². The van der Waals surface area contributed by atoms with E-state index in [1.54, 1.807) is 6.07 Å². The number of hydrogen-bond donors (Lipinski definition) is 1. The SMILES string of the molecule is O=c1[nH]cccc1Oc1ccc(C(F)(F)F)cc1. The molecule has 2 rings (SSSR count). The summed E-state index contributed by atoms with van der Waals surface area (Å²) < 4.78 is 42.1. The number of nitrogens with one attached hydrogen (secondary N) is 1. The summed E-state index contributed by atoms with van der Waals surface area (Å²) in [5, 5.41) is 0. The summed E-state index contributed by atoms with van der Waals surface area (Å²) in [5.41, 5.74) is -1.21. The standard InChI is InChI=1S/C12H8F3NO2/c13-12(14,15)8-3-5-9(6-4-8)18-10-2-1-7-16-11(10)17/h1-7H,(H,16,17). The van der Waals surface area contributed by atoms with Crippen LogP contribution in [0.3, 0.4) is 0 Å². The molecule has 0 aliphatic heterocycles. The summed E-state index contributed by atoms with van der Waals surface area (Å²) in [5.74, 6) is 0.192. The van der Waals surface area contributed by atoms with Gasteiger partial charge in [-0.25, -0.2) is 0 Å². The lowest BCUT2D eigenvalue weighted by Crippen LogP contribution is -2.07. The molecule has 0 saturated carbocycles. The van der Waals surface area contributed by atoms with Crippen LogP contribution in [0.15, 0.2) is 47.4 Å². The molecule has 0 radical (unpaired) electrons. The van der Waals surface area contributed by atoms with E-state index in [1.807, 2.05) is 0 Å². The average molecular weight is 255 g/mol. The van der Waals surface area contributed by atoms with E-state index < -0.39 is 17.3 Å². The van der Waals surface area contributed by atoms with Crippen LogP contribution in [0.1, 0.15) is 5.56 Å². The summed E-state index contributed by atoms with van der Waals surface area (Å²) in [6, 6.07) is 7.10. The second-order valence-corrected chi connectivity index (χ2v) is 3.49. The molecule has 0 aliphatic carbocycles. The Kier molecular flexibility index (Phi) is 3.10. The van der Waals surface area contributed by atoms with Gasteiger partial charge in [-0.3, -0.25) is 4.79 Å². The monoisotopic (exact) mass is 255 g/mol. The average Bonchev–Trinajstić information content (AvgIpc) is 2.32. The van der Waals surface area contributed by atoms with Crippen LogP contribution in [0.4, 0.5) is 13.2 Å². The molecule has 3 nitrogen and oxygen atoms in total. The van der Waals surface area contributed by atoms with Gasteiger partial charge in [-0.2, -0.15) is 13.2 Å². The summed E-state index contributed by atoms with van der Waals surface area (Å²) in [6.07, 6.45) is -2.95. The Morgan fingerprint density at radius 3 is 2.28 bits per heavy atom. The zero-order valence-corrected chi connectivity index (χ0v) is 8.99. The zero-order valence-electron chi connectivity index (χ0n) is 8.99. The minimum Gasteiger partial charge on any atom is -0.452 e. The highest BCUT2D eigenvalue weighted by Crippen LogP contribution is 2.30. The van der Waals surface area contributed by atoms with Gasteiger partial charge in [-0.05, 0) is 36.4 Å². The van der Waals surface area contributed by atoms with E-state index in [-0.39, 0.29) is 11.5 Å². The van der Waals surface area contributed by atoms with Gasteiger partial charge < -0.3 is 9.72 Å². The lowest BCUT2D eigenvalue weighted by atomic mass is 10.2. The quantitative estimate of drug-likeness (QED) is 0.895. The first kappa shape index (κ1) is 12.2. The predicted molar refractivity (Wildman–Crippen MR) is 58.6 cm³/mol. The molecule has 0 unspecified atom stereocenters. The van der Waals surface area contributed by atoms with Crippen molar-refractivity contribution in [1.82, 2.24) is 4.98 Å². The molecule has 0 bridgehead atoms. The minimum absolute atomic E-state index is 0.0252. The maximum Gasteiger partial charge on any atom is 0.416 e. The van der Waals surface area contributed by atoms with E-state index >= 15 is 0 Å². The molecule has 0 amide bonds. The van der Waals surface area contributed by atoms with Gasteiger partial charge in [0, 0.05) is 6.20 Å². The van der Waals surface area contributed by atoms with Gasteiger partial charge in [-0.15, -0.1) is 0 Å². The van der Waals surface area contributed by atoms with Crippen LogP contribution >= 0.6 is 0 Å². The molecule has 6 heteroatoms. The molecular formula is C12H8F3NO2. The molecule has 1 aromatic heterocycles. The third-order valence-electron chi connectivity index (χ3n) is 2.19. The Morgan fingerprint density at radius 1 is 1.06 bits per heavy atom. The van der Waals surface area contributed by atoms with E-state index in [0.29, 0.717) is 0 Å². The summed E-state index contributed by atoms with van der Waals surface area (Å²) in [4.78, 5) is 13.7. The lowest BCUT2D eigenvalue weighted by molar-refractivity contribution is -0.137. The van der Waals surface area contributed by atoms with Crippen LogP contribution in [0.5, 0.6) is 11.5 Å². The van der Waals surface area contributed by atoms with Crippen LogP contribution < -0.4 is 10.3 Å². The number of benzene rings is 1. The summed E-state index contributed by atoms with van der Waals surface area (Å²) >= 11 is 0. The fourth-order valence-electron chi connectivity index (χ4n) is 1.33. The summed E-state index contributed by atoms with van der Waals surface area (Å²) in [7, 11) is 0. The Morgan fingerprint density at radius 2 is 1.72 bits per heavy atom. The van der Waals surface area contributed by atoms with Crippen molar-refractivity contribution >= 4 is 0 Å². The molecule has 1 aromatic carbocycles. The Balaban J connectivity index is 2.22. The number of hydrogen-bond acceptors (Lipinski definition) is 2. The Bertz CT molecular complexity index is 587. The van der Waals surface area contributed by atoms with Crippen LogP contribution in [0, 0.1) is 0 Å². The number of ether oxygens (including phenoxy) is 1. The summed E-state index contributed by atoms with van der Waals surface area (Å²) in [6.45, 7) is 0. The minimum atomic E-state index is -4.39. The van der Waals surface area contributed by atoms with Crippen molar-refractivity contribution in [1.29, 1.82) is 0 Å². The first-order chi connectivity index (χ1) is 8.47. The smallest absolute Gasteiger partial charge is 0.416 e. The molecule has 0 spiro atoms. The van der Waals surface area contributed by atoms with Crippen LogP contribution in [-0.2, 0) is 6.18 Å². The van der Waals surface area contributed by atoms with Gasteiger partial charge in [0.05, 0.1) is 5.56 Å². The molecule has 1 heterocycles. The van der Waals surface area contributed by atoms with Crippen molar-refractivity contribution in [2.24, 2.45) is 0 Å². The van der Waals surface area contributed by atoms with Crippen LogP contribution in [-0.4, -0.2) is 4.98 Å². The van der Waals surface area contributed by atoms with Crippen molar-refractivity contribution in [2.45, 2.75) is 6.18 Å². The van der Waals surface area contributed by atoms with Gasteiger partial charge in [0.25, 0.3) is 5.56 Å². The first-order valence-electron chi connectivity index (χ1n) is 4.99. The van der Waals surface area contributed by atoms with Crippen molar-refractivity contribution in [3.05, 3.63) is 58.5 Å². The van der Waals surface area contributed by atoms with Crippen molar-refractivity contribution in [3.63, 3.8) is 0 Å². The van der Waals surface area contributed by atoms with Crippen molar-refractivity contribution in [2.75, 3.05) is 0 Å². The fourth-order valence-corrected chi connectivity index (χ4v) is 1.33. The number of halogens is 3. The number of aromatic nitrogens is 1. The molecule has 0 atom stereocenters. The molecule has 0 saturated heterocycles. The highest BCUT2D eigenvalue weighted by atomic mass is 19.4. The van der Waals surface area contributed by atoms with Gasteiger partial charge in [0.2, 0.25) is 0 Å². The largest absolute Gasteiger partial charge is 0.452 e. The van der Waals surface area contributed by atoms with Crippen LogP contribution in [0.2, 0.25) is 0 Å². The lowest BCUT2D eigenvalue weighted by Gasteiger charge is -2.08. The molecule has 2 aromatic rings. The van der Waals surface area contributed by atoms with Gasteiger partial charge in [0.15, 0.2) is 5.75 Å². The third kappa shape index (κ3) is 2.71. The topological polar surface area (TPSA) is 42.1 Å². The van der Waals surface area contributed by atoms with E-state index in [2.05, 4.69) is 4.98 Å². The third-order valence-corrected chi connectivity index (χ3v) is 2.19. The molecule has 94 valence electrons. The number of alkyl halides is 3. The normalized spacial score (nSPS) is 11.3. The van der Waals surface area contributed by atoms with Gasteiger partial charge >= 0.3 is 6.18 Å². The van der Waals surface area contributed by atoms with Crippen LogP contribution in [0.25, 0.3) is 0 Å². The number of H-pyrrole nitrogens is 1. The van der Waals surface area contributed by atoms with E-state index in [0.717, 1.165) is 24.3 Å². The second kappa shape index (κ2) is 4.56. The second-order valence-electron chi connectivity index (χ2n) is 3.49. The van der Waals surface area contributed by atoms with Gasteiger partial charge in [0.1, 0.15) is 5.75 Å². The van der Waals surface area contributed by atoms with Gasteiger partial charge in [-0.1, -0.05) is 0 Å². The zero-order chi connectivity index (χ0) is 13.2. The molecule has 1 N–H and O–H groups in total. The highest BCUT2D eigenvalue weighted by molar-refractivity contribution is 5.32. The molecule has 0 fully saturated rings. The molecule has 18 heavy (non-hydrogen) atoms. The highest BCUT2D eigenvalue weighted by Gasteiger charge is 2.30. The number of aromatic amines is 1. The number of pyridine rings is 1. The maximum absolute atomic E-state index is 12.3. The first-order valence-corrected chi connectivity index (χ1v) is 4.99. The molecule has 0 aliphatic rings. The van der Waals surface area contributed by atoms with E-state index in [4.69, 9.17) is 4.74 Å². The van der Waals surface area contributed by atoms with Crippen molar-refractivity contribution < 1.29 is 17.9 Å². The number of rotatable bonds is 2. The predicted octanol–water partition coefficient (Wildman–Crippen LogP) is 3.19. The Hall–Kier alpha value is -2.24. The maximum atomic E-state index is 12.3.